The minimum absolute atomic E-state index is 0.0127. The normalized spacial score (nSPS) is 23.1. The fourth-order valence-electron chi connectivity index (χ4n) is 1.05. The molecule has 1 saturated heterocycles. The average molecular weight is 137 g/mol. The van der Waals surface area contributed by atoms with Crippen LogP contribution in [-0.2, 0) is 4.79 Å². The van der Waals surface area contributed by atoms with Gasteiger partial charge in [-0.3, -0.25) is 4.79 Å². The molecule has 0 unspecified atom stereocenters. The maximum absolute atomic E-state index is 11.0. The summed E-state index contributed by atoms with van der Waals surface area (Å²) in [6.07, 6.45) is 2.68. The number of rotatable bonds is 0. The molecule has 1 aliphatic rings. The van der Waals surface area contributed by atoms with Crippen LogP contribution in [0.25, 0.3) is 0 Å². The molecule has 10 heavy (non-hydrogen) atoms. The van der Waals surface area contributed by atoms with Gasteiger partial charge in [0.2, 0.25) is 0 Å². The fourth-order valence-corrected chi connectivity index (χ4v) is 1.05. The van der Waals surface area contributed by atoms with Crippen molar-refractivity contribution in [1.82, 2.24) is 5.32 Å². The lowest BCUT2D eigenvalue weighted by atomic mass is 10.0. The number of carbonyl (C=O) groups excluding carboxylic acids is 1. The van der Waals surface area contributed by atoms with Gasteiger partial charge in [0.25, 0.3) is 5.91 Å². The maximum Gasteiger partial charge on any atom is 0.251 e. The predicted octanol–water partition coefficient (Wildman–Crippen LogP) is 1.01. The van der Waals surface area contributed by atoms with Crippen molar-refractivity contribution in [2.24, 2.45) is 0 Å². The van der Waals surface area contributed by atoms with Gasteiger partial charge in [-0.1, -0.05) is 12.7 Å². The first-order chi connectivity index (χ1) is 4.75. The zero-order chi connectivity index (χ0) is 7.56. The Morgan fingerprint density at radius 1 is 1.70 bits per heavy atom. The number of hydrogen-bond acceptors (Lipinski definition) is 1. The van der Waals surface area contributed by atoms with Gasteiger partial charge in [-0.2, -0.15) is 0 Å². The van der Waals surface area contributed by atoms with E-state index >= 15 is 0 Å². The highest BCUT2D eigenvalue weighted by Crippen LogP contribution is 2.14. The Bertz CT molecular complexity index is 185. The van der Waals surface area contributed by atoms with E-state index in [1.54, 1.807) is 6.08 Å². The minimum Gasteiger partial charge on any atom is -0.352 e. The molecule has 1 fully saturated rings. The molecule has 1 rings (SSSR count). The van der Waals surface area contributed by atoms with Crippen LogP contribution in [0.3, 0.4) is 0 Å². The average Bonchev–Trinajstić information content (AvgIpc) is 1.88. The molecule has 0 aliphatic carbocycles. The zero-order valence-corrected chi connectivity index (χ0v) is 6.11. The van der Waals surface area contributed by atoms with Crippen LogP contribution in [0.1, 0.15) is 13.3 Å². The summed E-state index contributed by atoms with van der Waals surface area (Å²) in [4.78, 5) is 11.0. The summed E-state index contributed by atoms with van der Waals surface area (Å²) in [6.45, 7) is 6.37. The van der Waals surface area contributed by atoms with E-state index in [-0.39, 0.29) is 5.91 Å². The van der Waals surface area contributed by atoms with Crippen molar-refractivity contribution in [2.45, 2.75) is 13.3 Å². The summed E-state index contributed by atoms with van der Waals surface area (Å²) >= 11 is 0. The summed E-state index contributed by atoms with van der Waals surface area (Å²) in [6, 6.07) is 0. The van der Waals surface area contributed by atoms with Crippen LogP contribution in [0.5, 0.6) is 0 Å². The molecule has 0 aromatic heterocycles. The van der Waals surface area contributed by atoms with Crippen molar-refractivity contribution in [3.8, 4) is 0 Å². The molecule has 1 N–H and O–H groups in total. The Kier molecular flexibility index (Phi) is 1.90. The van der Waals surface area contributed by atoms with E-state index in [4.69, 9.17) is 0 Å². The highest BCUT2D eigenvalue weighted by Gasteiger charge is 2.15. The highest BCUT2D eigenvalue weighted by atomic mass is 16.1. The third-order valence-corrected chi connectivity index (χ3v) is 1.63. The minimum atomic E-state index is 0.0127. The van der Waals surface area contributed by atoms with Gasteiger partial charge in [0.05, 0.1) is 0 Å². The number of hydrogen-bond donors (Lipinski definition) is 1. The summed E-state index contributed by atoms with van der Waals surface area (Å²) in [5, 5.41) is 2.75. The monoisotopic (exact) mass is 137 g/mol. The van der Waals surface area contributed by atoms with Gasteiger partial charge in [-0.05, 0) is 18.9 Å². The first kappa shape index (κ1) is 7.06. The van der Waals surface area contributed by atoms with Gasteiger partial charge in [-0.15, -0.1) is 0 Å². The number of allylic oxidation sites excluding steroid dienone is 1. The van der Waals surface area contributed by atoms with Gasteiger partial charge in [0.15, 0.2) is 0 Å². The Morgan fingerprint density at radius 2 is 2.40 bits per heavy atom. The Morgan fingerprint density at radius 3 is 2.80 bits per heavy atom. The third-order valence-electron chi connectivity index (χ3n) is 1.63. The molecule has 2 nitrogen and oxygen atoms in total. The molecular formula is C8H11NO. The van der Waals surface area contributed by atoms with E-state index in [9.17, 15) is 4.79 Å². The molecule has 1 amide bonds. The van der Waals surface area contributed by atoms with Crippen molar-refractivity contribution in [3.05, 3.63) is 23.8 Å². The smallest absolute Gasteiger partial charge is 0.251 e. The molecule has 0 atom stereocenters. The van der Waals surface area contributed by atoms with Crippen LogP contribution < -0.4 is 5.32 Å². The van der Waals surface area contributed by atoms with Crippen molar-refractivity contribution in [2.75, 3.05) is 6.54 Å². The van der Waals surface area contributed by atoms with Crippen molar-refractivity contribution < 1.29 is 4.79 Å². The number of piperidine rings is 1. The number of carbonyl (C=O) groups is 1. The first-order valence-electron chi connectivity index (χ1n) is 3.38. The molecule has 0 saturated carbocycles. The second-order valence-electron chi connectivity index (χ2n) is 2.31. The van der Waals surface area contributed by atoms with Gasteiger partial charge < -0.3 is 5.32 Å². The predicted molar refractivity (Wildman–Crippen MR) is 40.5 cm³/mol. The van der Waals surface area contributed by atoms with Crippen LogP contribution in [-0.4, -0.2) is 12.5 Å². The molecule has 0 radical (unpaired) electrons. The van der Waals surface area contributed by atoms with E-state index in [1.807, 2.05) is 6.92 Å². The van der Waals surface area contributed by atoms with Crippen molar-refractivity contribution in [3.63, 3.8) is 0 Å². The lowest BCUT2D eigenvalue weighted by Crippen LogP contribution is -2.31. The quantitative estimate of drug-likeness (QED) is 0.496. The molecule has 0 bridgehead atoms. The highest BCUT2D eigenvalue weighted by molar-refractivity contribution is 5.98. The van der Waals surface area contributed by atoms with E-state index in [0.717, 1.165) is 24.1 Å². The van der Waals surface area contributed by atoms with Crippen molar-refractivity contribution in [1.29, 1.82) is 0 Å². The molecule has 0 aromatic rings. The molecule has 1 aliphatic heterocycles. The molecule has 0 aromatic carbocycles. The van der Waals surface area contributed by atoms with Crippen LogP contribution in [0.4, 0.5) is 0 Å². The maximum atomic E-state index is 11.0. The lowest BCUT2D eigenvalue weighted by Gasteiger charge is -2.16. The topological polar surface area (TPSA) is 29.1 Å². The Labute approximate surface area is 60.6 Å². The molecule has 1 heterocycles. The first-order valence-corrected chi connectivity index (χ1v) is 3.38. The van der Waals surface area contributed by atoms with Gasteiger partial charge in [0.1, 0.15) is 0 Å². The van der Waals surface area contributed by atoms with E-state index in [1.165, 1.54) is 0 Å². The second-order valence-corrected chi connectivity index (χ2v) is 2.31. The molecule has 54 valence electrons. The summed E-state index contributed by atoms with van der Waals surface area (Å²) in [7, 11) is 0. The Balaban J connectivity index is 2.83. The third kappa shape index (κ3) is 1.10. The largest absolute Gasteiger partial charge is 0.352 e. The van der Waals surface area contributed by atoms with E-state index < -0.39 is 0 Å². The second kappa shape index (κ2) is 2.69. The van der Waals surface area contributed by atoms with E-state index in [0.29, 0.717) is 0 Å². The summed E-state index contributed by atoms with van der Waals surface area (Å²) in [5.41, 5.74) is 1.69. The van der Waals surface area contributed by atoms with Gasteiger partial charge in [0, 0.05) is 12.1 Å². The molecular weight excluding hydrogens is 126 g/mol. The van der Waals surface area contributed by atoms with Crippen LogP contribution in [0, 0.1) is 0 Å². The van der Waals surface area contributed by atoms with Gasteiger partial charge >= 0.3 is 0 Å². The number of amides is 1. The summed E-state index contributed by atoms with van der Waals surface area (Å²) in [5.74, 6) is 0.0127. The summed E-state index contributed by atoms with van der Waals surface area (Å²) < 4.78 is 0. The van der Waals surface area contributed by atoms with Crippen LogP contribution in [0.15, 0.2) is 23.8 Å². The van der Waals surface area contributed by atoms with Crippen molar-refractivity contribution >= 4 is 5.91 Å². The van der Waals surface area contributed by atoms with Gasteiger partial charge in [-0.25, -0.2) is 0 Å². The Hall–Kier alpha value is -1.05. The zero-order valence-electron chi connectivity index (χ0n) is 6.11. The lowest BCUT2D eigenvalue weighted by molar-refractivity contribution is -0.117. The molecule has 0 spiro atoms. The van der Waals surface area contributed by atoms with Crippen LogP contribution in [0.2, 0.25) is 0 Å². The van der Waals surface area contributed by atoms with E-state index in [2.05, 4.69) is 11.9 Å². The number of nitrogens with one attached hydrogen (secondary N) is 1. The molecule has 2 heteroatoms. The SMILES string of the molecule is C=C1CCNC(=O)/C1=C\C. The fraction of sp³-hybridized carbons (Fsp3) is 0.375. The van der Waals surface area contributed by atoms with Crippen LogP contribution >= 0.6 is 0 Å². The standard InChI is InChI=1S/C8H11NO/c1-3-7-6(2)4-5-9-8(7)10/h3H,2,4-5H2,1H3,(H,9,10)/b7-3-.